The number of rotatable bonds is 10. The molecule has 0 aliphatic carbocycles. The SMILES string of the molecule is CC(CCN)CCC(=O)NCCCOC(C)C. The van der Waals surface area contributed by atoms with Crippen LogP contribution in [0.15, 0.2) is 0 Å². The maximum absolute atomic E-state index is 11.5. The largest absolute Gasteiger partial charge is 0.379 e. The van der Waals surface area contributed by atoms with E-state index < -0.39 is 0 Å². The second-order valence-corrected chi connectivity index (χ2v) is 4.84. The highest BCUT2D eigenvalue weighted by Crippen LogP contribution is 2.08. The van der Waals surface area contributed by atoms with E-state index in [0.29, 0.717) is 32.0 Å². The Kier molecular flexibility index (Phi) is 10.2. The van der Waals surface area contributed by atoms with Crippen molar-refractivity contribution in [3.63, 3.8) is 0 Å². The van der Waals surface area contributed by atoms with Crippen molar-refractivity contribution in [1.82, 2.24) is 5.32 Å². The van der Waals surface area contributed by atoms with Gasteiger partial charge in [-0.1, -0.05) is 6.92 Å². The van der Waals surface area contributed by atoms with Crippen LogP contribution in [-0.4, -0.2) is 31.7 Å². The van der Waals surface area contributed by atoms with Gasteiger partial charge in [0.1, 0.15) is 0 Å². The molecule has 0 aromatic rings. The van der Waals surface area contributed by atoms with Crippen molar-refractivity contribution < 1.29 is 9.53 Å². The maximum Gasteiger partial charge on any atom is 0.220 e. The molecule has 0 saturated heterocycles. The van der Waals surface area contributed by atoms with Crippen LogP contribution in [-0.2, 0) is 9.53 Å². The van der Waals surface area contributed by atoms with E-state index in [9.17, 15) is 4.79 Å². The molecule has 102 valence electrons. The van der Waals surface area contributed by atoms with E-state index in [1.165, 1.54) is 0 Å². The summed E-state index contributed by atoms with van der Waals surface area (Å²) in [6.45, 7) is 8.28. The molecule has 0 radical (unpaired) electrons. The van der Waals surface area contributed by atoms with Gasteiger partial charge in [0.15, 0.2) is 0 Å². The van der Waals surface area contributed by atoms with Gasteiger partial charge in [0, 0.05) is 19.6 Å². The van der Waals surface area contributed by atoms with Crippen molar-refractivity contribution in [3.8, 4) is 0 Å². The van der Waals surface area contributed by atoms with Gasteiger partial charge in [-0.15, -0.1) is 0 Å². The predicted molar refractivity (Wildman–Crippen MR) is 70.8 cm³/mol. The fourth-order valence-corrected chi connectivity index (χ4v) is 1.51. The van der Waals surface area contributed by atoms with E-state index in [0.717, 1.165) is 19.3 Å². The third kappa shape index (κ3) is 11.6. The van der Waals surface area contributed by atoms with Crippen LogP contribution in [0.1, 0.15) is 46.5 Å². The highest BCUT2D eigenvalue weighted by molar-refractivity contribution is 5.75. The first kappa shape index (κ1) is 16.4. The first-order valence-electron chi connectivity index (χ1n) is 6.64. The molecule has 1 unspecified atom stereocenters. The van der Waals surface area contributed by atoms with Gasteiger partial charge in [-0.25, -0.2) is 0 Å². The van der Waals surface area contributed by atoms with Crippen molar-refractivity contribution in [1.29, 1.82) is 0 Å². The van der Waals surface area contributed by atoms with Crippen LogP contribution in [0, 0.1) is 5.92 Å². The average molecular weight is 244 g/mol. The lowest BCUT2D eigenvalue weighted by molar-refractivity contribution is -0.121. The van der Waals surface area contributed by atoms with Crippen molar-refractivity contribution in [2.45, 2.75) is 52.6 Å². The minimum atomic E-state index is 0.137. The molecule has 0 spiro atoms. The van der Waals surface area contributed by atoms with Crippen LogP contribution in [0.3, 0.4) is 0 Å². The average Bonchev–Trinajstić information content (AvgIpc) is 2.26. The molecule has 4 heteroatoms. The van der Waals surface area contributed by atoms with Gasteiger partial charge in [-0.2, -0.15) is 0 Å². The summed E-state index contributed by atoms with van der Waals surface area (Å²) in [6, 6.07) is 0. The third-order valence-corrected chi connectivity index (χ3v) is 2.62. The summed E-state index contributed by atoms with van der Waals surface area (Å²) in [4.78, 5) is 11.5. The number of carbonyl (C=O) groups excluding carboxylic acids is 1. The fraction of sp³-hybridized carbons (Fsp3) is 0.923. The van der Waals surface area contributed by atoms with Crippen LogP contribution in [0.4, 0.5) is 0 Å². The van der Waals surface area contributed by atoms with Crippen LogP contribution in [0.2, 0.25) is 0 Å². The monoisotopic (exact) mass is 244 g/mol. The van der Waals surface area contributed by atoms with Gasteiger partial charge in [-0.05, 0) is 45.6 Å². The summed E-state index contributed by atoms with van der Waals surface area (Å²) in [5, 5.41) is 2.90. The Morgan fingerprint density at radius 1 is 1.29 bits per heavy atom. The number of carbonyl (C=O) groups is 1. The topological polar surface area (TPSA) is 64.4 Å². The first-order chi connectivity index (χ1) is 8.06. The van der Waals surface area contributed by atoms with Crippen molar-refractivity contribution >= 4 is 5.91 Å². The zero-order chi connectivity index (χ0) is 13.1. The second-order valence-electron chi connectivity index (χ2n) is 4.84. The quantitative estimate of drug-likeness (QED) is 0.575. The molecule has 0 aromatic carbocycles. The number of ether oxygens (including phenoxy) is 1. The van der Waals surface area contributed by atoms with Crippen LogP contribution in [0.5, 0.6) is 0 Å². The molecule has 0 aromatic heterocycles. The van der Waals surface area contributed by atoms with Gasteiger partial charge in [0.2, 0.25) is 5.91 Å². The Hall–Kier alpha value is -0.610. The molecule has 0 aliphatic heterocycles. The molecule has 0 aliphatic rings. The lowest BCUT2D eigenvalue weighted by Crippen LogP contribution is -2.25. The smallest absolute Gasteiger partial charge is 0.220 e. The van der Waals surface area contributed by atoms with Gasteiger partial charge >= 0.3 is 0 Å². The van der Waals surface area contributed by atoms with Gasteiger partial charge < -0.3 is 15.8 Å². The molecule has 0 saturated carbocycles. The van der Waals surface area contributed by atoms with Crippen molar-refractivity contribution in [2.75, 3.05) is 19.7 Å². The van der Waals surface area contributed by atoms with E-state index in [1.807, 2.05) is 13.8 Å². The number of nitrogens with one attached hydrogen (secondary N) is 1. The zero-order valence-corrected chi connectivity index (χ0v) is 11.5. The molecule has 0 rings (SSSR count). The van der Waals surface area contributed by atoms with Crippen molar-refractivity contribution in [2.24, 2.45) is 11.7 Å². The normalized spacial score (nSPS) is 12.8. The standard InChI is InChI=1S/C13H28N2O2/c1-11(2)17-10-4-9-15-13(16)6-5-12(3)7-8-14/h11-12H,4-10,14H2,1-3H3,(H,15,16). The second kappa shape index (κ2) is 10.5. The lowest BCUT2D eigenvalue weighted by atomic mass is 10.0. The molecular weight excluding hydrogens is 216 g/mol. The number of hydrogen-bond acceptors (Lipinski definition) is 3. The molecule has 0 bridgehead atoms. The summed E-state index contributed by atoms with van der Waals surface area (Å²) < 4.78 is 5.39. The molecule has 0 heterocycles. The summed E-state index contributed by atoms with van der Waals surface area (Å²) >= 11 is 0. The molecular formula is C13H28N2O2. The lowest BCUT2D eigenvalue weighted by Gasteiger charge is -2.10. The molecule has 3 N–H and O–H groups in total. The maximum atomic E-state index is 11.5. The third-order valence-electron chi connectivity index (χ3n) is 2.62. The Morgan fingerprint density at radius 3 is 2.59 bits per heavy atom. The molecule has 1 amide bonds. The highest BCUT2D eigenvalue weighted by Gasteiger charge is 2.05. The predicted octanol–water partition coefficient (Wildman–Crippen LogP) is 1.68. The molecule has 17 heavy (non-hydrogen) atoms. The Bertz CT molecular complexity index is 196. The summed E-state index contributed by atoms with van der Waals surface area (Å²) in [5.41, 5.74) is 5.46. The van der Waals surface area contributed by atoms with Gasteiger partial charge in [0.05, 0.1) is 6.10 Å². The minimum absolute atomic E-state index is 0.137. The van der Waals surface area contributed by atoms with Crippen LogP contribution < -0.4 is 11.1 Å². The number of amides is 1. The number of hydrogen-bond donors (Lipinski definition) is 2. The molecule has 0 fully saturated rings. The van der Waals surface area contributed by atoms with E-state index in [1.54, 1.807) is 0 Å². The highest BCUT2D eigenvalue weighted by atomic mass is 16.5. The Labute approximate surface area is 105 Å². The van der Waals surface area contributed by atoms with E-state index in [4.69, 9.17) is 10.5 Å². The van der Waals surface area contributed by atoms with Gasteiger partial charge in [-0.3, -0.25) is 4.79 Å². The zero-order valence-electron chi connectivity index (χ0n) is 11.5. The van der Waals surface area contributed by atoms with Crippen LogP contribution in [0.25, 0.3) is 0 Å². The van der Waals surface area contributed by atoms with Crippen LogP contribution >= 0.6 is 0 Å². The fourth-order valence-electron chi connectivity index (χ4n) is 1.51. The minimum Gasteiger partial charge on any atom is -0.379 e. The Balaban J connectivity index is 3.34. The summed E-state index contributed by atoms with van der Waals surface area (Å²) in [6.07, 6.45) is 3.66. The van der Waals surface area contributed by atoms with Crippen molar-refractivity contribution in [3.05, 3.63) is 0 Å². The first-order valence-corrected chi connectivity index (χ1v) is 6.64. The molecule has 4 nitrogen and oxygen atoms in total. The molecule has 1 atom stereocenters. The number of nitrogens with two attached hydrogens (primary N) is 1. The van der Waals surface area contributed by atoms with E-state index in [-0.39, 0.29) is 12.0 Å². The summed E-state index contributed by atoms with van der Waals surface area (Å²) in [5.74, 6) is 0.674. The summed E-state index contributed by atoms with van der Waals surface area (Å²) in [7, 11) is 0. The van der Waals surface area contributed by atoms with E-state index in [2.05, 4.69) is 12.2 Å². The van der Waals surface area contributed by atoms with E-state index >= 15 is 0 Å². The Morgan fingerprint density at radius 2 is 2.00 bits per heavy atom. The van der Waals surface area contributed by atoms with Gasteiger partial charge in [0.25, 0.3) is 0 Å².